The Hall–Kier alpha value is -0.650. The summed E-state index contributed by atoms with van der Waals surface area (Å²) in [5, 5.41) is 3.29. The lowest BCUT2D eigenvalue weighted by Gasteiger charge is -2.24. The molecule has 2 fully saturated rings. The maximum Gasteiger partial charge on any atom is 0.239 e. The van der Waals surface area contributed by atoms with Crippen molar-refractivity contribution in [2.75, 3.05) is 53.0 Å². The highest BCUT2D eigenvalue weighted by atomic mass is 16.5. The fraction of sp³-hybridized carbons (Fsp3) is 0.923. The molecule has 0 radical (unpaired) electrons. The fourth-order valence-electron chi connectivity index (χ4n) is 2.75. The molecule has 1 N–H and O–H groups in total. The van der Waals surface area contributed by atoms with Gasteiger partial charge >= 0.3 is 0 Å². The van der Waals surface area contributed by atoms with Crippen LogP contribution in [0, 0.1) is 0 Å². The van der Waals surface area contributed by atoms with Gasteiger partial charge in [-0.05, 0) is 32.4 Å². The van der Waals surface area contributed by atoms with Crippen LogP contribution in [-0.4, -0.2) is 74.7 Å². The van der Waals surface area contributed by atoms with E-state index in [2.05, 4.69) is 10.2 Å². The van der Waals surface area contributed by atoms with Gasteiger partial charge in [0, 0.05) is 33.3 Å². The molecule has 2 aliphatic rings. The molecule has 0 bridgehead atoms. The van der Waals surface area contributed by atoms with Gasteiger partial charge in [-0.2, -0.15) is 0 Å². The minimum Gasteiger partial charge on any atom is -0.383 e. The summed E-state index contributed by atoms with van der Waals surface area (Å²) in [6.07, 6.45) is 3.20. The molecule has 0 saturated carbocycles. The Morgan fingerprint density at radius 3 is 2.89 bits per heavy atom. The molecule has 18 heavy (non-hydrogen) atoms. The van der Waals surface area contributed by atoms with Crippen molar-refractivity contribution in [1.82, 2.24) is 15.1 Å². The molecule has 0 aromatic rings. The molecule has 1 atom stereocenters. The standard InChI is InChI=1S/C13H25N3O2/c1-18-11-10-15-6-3-7-16(9-8-15)13(17)12-4-2-5-14-12/h12,14H,2-11H2,1H3/t12-/m1/s1. The van der Waals surface area contributed by atoms with E-state index >= 15 is 0 Å². The van der Waals surface area contributed by atoms with Crippen LogP contribution in [0.1, 0.15) is 19.3 Å². The van der Waals surface area contributed by atoms with Crippen molar-refractivity contribution >= 4 is 5.91 Å². The van der Waals surface area contributed by atoms with E-state index in [0.29, 0.717) is 5.91 Å². The Bertz CT molecular complexity index is 267. The van der Waals surface area contributed by atoms with Gasteiger partial charge in [-0.15, -0.1) is 0 Å². The van der Waals surface area contributed by atoms with Crippen LogP contribution in [0.4, 0.5) is 0 Å². The van der Waals surface area contributed by atoms with E-state index in [1.807, 2.05) is 4.90 Å². The van der Waals surface area contributed by atoms with Crippen molar-refractivity contribution in [3.05, 3.63) is 0 Å². The smallest absolute Gasteiger partial charge is 0.239 e. The molecule has 0 spiro atoms. The number of hydrogen-bond acceptors (Lipinski definition) is 4. The third kappa shape index (κ3) is 3.67. The number of nitrogens with zero attached hydrogens (tertiary/aromatic N) is 2. The van der Waals surface area contributed by atoms with E-state index in [1.165, 1.54) is 0 Å². The lowest BCUT2D eigenvalue weighted by molar-refractivity contribution is -0.132. The second-order valence-corrected chi connectivity index (χ2v) is 5.16. The fourth-order valence-corrected chi connectivity index (χ4v) is 2.75. The Balaban J connectivity index is 1.78. The summed E-state index contributed by atoms with van der Waals surface area (Å²) in [5.41, 5.74) is 0. The maximum atomic E-state index is 12.3. The third-order valence-corrected chi connectivity index (χ3v) is 3.87. The summed E-state index contributed by atoms with van der Waals surface area (Å²) < 4.78 is 5.11. The average Bonchev–Trinajstić information content (AvgIpc) is 2.82. The van der Waals surface area contributed by atoms with Gasteiger partial charge in [-0.3, -0.25) is 9.69 Å². The molecule has 0 aromatic heterocycles. The lowest BCUT2D eigenvalue weighted by Crippen LogP contribution is -2.45. The summed E-state index contributed by atoms with van der Waals surface area (Å²) in [6.45, 7) is 6.55. The van der Waals surface area contributed by atoms with Crippen molar-refractivity contribution in [2.24, 2.45) is 0 Å². The van der Waals surface area contributed by atoms with Gasteiger partial charge in [-0.25, -0.2) is 0 Å². The SMILES string of the molecule is COCCN1CCCN(C(=O)[C@H]2CCCN2)CC1. The van der Waals surface area contributed by atoms with Crippen molar-refractivity contribution in [1.29, 1.82) is 0 Å². The van der Waals surface area contributed by atoms with Gasteiger partial charge in [0.15, 0.2) is 0 Å². The number of hydrogen-bond donors (Lipinski definition) is 1. The Kier molecular flexibility index (Phi) is 5.41. The Morgan fingerprint density at radius 1 is 1.28 bits per heavy atom. The predicted octanol–water partition coefficient (Wildman–Crippen LogP) is -0.0809. The van der Waals surface area contributed by atoms with Crippen molar-refractivity contribution in [2.45, 2.75) is 25.3 Å². The Labute approximate surface area is 109 Å². The first-order valence-electron chi connectivity index (χ1n) is 7.04. The molecule has 2 heterocycles. The normalized spacial score (nSPS) is 26.3. The summed E-state index contributed by atoms with van der Waals surface area (Å²) in [7, 11) is 1.74. The monoisotopic (exact) mass is 255 g/mol. The van der Waals surface area contributed by atoms with Crippen LogP contribution in [0.3, 0.4) is 0 Å². The molecule has 5 nitrogen and oxygen atoms in total. The zero-order chi connectivity index (χ0) is 12.8. The topological polar surface area (TPSA) is 44.8 Å². The number of methoxy groups -OCH3 is 1. The molecular formula is C13H25N3O2. The number of rotatable bonds is 4. The molecule has 0 aliphatic carbocycles. The minimum absolute atomic E-state index is 0.0792. The quantitative estimate of drug-likeness (QED) is 0.763. The van der Waals surface area contributed by atoms with Gasteiger partial charge in [0.2, 0.25) is 5.91 Å². The second kappa shape index (κ2) is 7.07. The molecule has 0 aromatic carbocycles. The van der Waals surface area contributed by atoms with Gasteiger partial charge in [-0.1, -0.05) is 0 Å². The molecule has 5 heteroatoms. The number of carbonyl (C=O) groups is 1. The zero-order valence-corrected chi connectivity index (χ0v) is 11.4. The van der Waals surface area contributed by atoms with Gasteiger partial charge in [0.25, 0.3) is 0 Å². The molecule has 0 unspecified atom stereocenters. The summed E-state index contributed by atoms with van der Waals surface area (Å²) in [5.74, 6) is 0.307. The molecule has 1 amide bonds. The van der Waals surface area contributed by atoms with Crippen LogP contribution in [0.25, 0.3) is 0 Å². The van der Waals surface area contributed by atoms with Crippen molar-refractivity contribution < 1.29 is 9.53 Å². The van der Waals surface area contributed by atoms with Crippen LogP contribution in [-0.2, 0) is 9.53 Å². The predicted molar refractivity (Wildman–Crippen MR) is 70.5 cm³/mol. The molecule has 2 saturated heterocycles. The van der Waals surface area contributed by atoms with Crippen LogP contribution < -0.4 is 5.32 Å². The van der Waals surface area contributed by atoms with E-state index in [1.54, 1.807) is 7.11 Å². The highest BCUT2D eigenvalue weighted by Crippen LogP contribution is 2.11. The summed E-state index contributed by atoms with van der Waals surface area (Å²) in [6, 6.07) is 0.0792. The maximum absolute atomic E-state index is 12.3. The van der Waals surface area contributed by atoms with Gasteiger partial charge in [0.1, 0.15) is 0 Å². The first-order valence-corrected chi connectivity index (χ1v) is 7.04. The summed E-state index contributed by atoms with van der Waals surface area (Å²) in [4.78, 5) is 16.7. The number of nitrogens with one attached hydrogen (secondary N) is 1. The number of carbonyl (C=O) groups excluding carboxylic acids is 1. The highest BCUT2D eigenvalue weighted by Gasteiger charge is 2.27. The van der Waals surface area contributed by atoms with E-state index in [9.17, 15) is 4.79 Å². The first-order chi connectivity index (χ1) is 8.81. The molecule has 104 valence electrons. The van der Waals surface area contributed by atoms with E-state index in [-0.39, 0.29) is 6.04 Å². The van der Waals surface area contributed by atoms with E-state index < -0.39 is 0 Å². The van der Waals surface area contributed by atoms with Crippen LogP contribution in [0.15, 0.2) is 0 Å². The second-order valence-electron chi connectivity index (χ2n) is 5.16. The number of ether oxygens (including phenoxy) is 1. The highest BCUT2D eigenvalue weighted by molar-refractivity contribution is 5.82. The van der Waals surface area contributed by atoms with Crippen LogP contribution in [0.2, 0.25) is 0 Å². The van der Waals surface area contributed by atoms with Gasteiger partial charge < -0.3 is 15.0 Å². The van der Waals surface area contributed by atoms with Crippen LogP contribution in [0.5, 0.6) is 0 Å². The molecule has 2 rings (SSSR count). The first kappa shape index (κ1) is 13.8. The largest absolute Gasteiger partial charge is 0.383 e. The van der Waals surface area contributed by atoms with E-state index in [0.717, 1.165) is 65.1 Å². The van der Waals surface area contributed by atoms with Gasteiger partial charge in [0.05, 0.1) is 12.6 Å². The molecule has 2 aliphatic heterocycles. The van der Waals surface area contributed by atoms with Crippen molar-refractivity contribution in [3.8, 4) is 0 Å². The lowest BCUT2D eigenvalue weighted by atomic mass is 10.2. The third-order valence-electron chi connectivity index (χ3n) is 3.87. The zero-order valence-electron chi connectivity index (χ0n) is 11.4. The van der Waals surface area contributed by atoms with Crippen LogP contribution >= 0.6 is 0 Å². The van der Waals surface area contributed by atoms with Crippen molar-refractivity contribution in [3.63, 3.8) is 0 Å². The Morgan fingerprint density at radius 2 is 2.17 bits per heavy atom. The number of amides is 1. The molecular weight excluding hydrogens is 230 g/mol. The minimum atomic E-state index is 0.0792. The summed E-state index contributed by atoms with van der Waals surface area (Å²) >= 11 is 0. The van der Waals surface area contributed by atoms with E-state index in [4.69, 9.17) is 4.74 Å². The average molecular weight is 255 g/mol.